The van der Waals surface area contributed by atoms with Gasteiger partial charge in [0.25, 0.3) is 0 Å². The van der Waals surface area contributed by atoms with Crippen molar-refractivity contribution >= 4 is 31.5 Å². The summed E-state index contributed by atoms with van der Waals surface area (Å²) in [4.78, 5) is 23.9. The molecule has 2 aliphatic heterocycles. The first-order chi connectivity index (χ1) is 9.84. The van der Waals surface area contributed by atoms with Crippen LogP contribution < -0.4 is 10.6 Å². The van der Waals surface area contributed by atoms with E-state index >= 15 is 0 Å². The van der Waals surface area contributed by atoms with Crippen LogP contribution in [0.5, 0.6) is 0 Å². The molecule has 2 heterocycles. The fraction of sp³-hybridized carbons (Fsp3) is 0.833. The first-order valence-electron chi connectivity index (χ1n) is 6.89. The van der Waals surface area contributed by atoms with Gasteiger partial charge in [-0.3, -0.25) is 9.59 Å². The van der Waals surface area contributed by atoms with E-state index in [2.05, 4.69) is 10.6 Å². The molecule has 2 saturated heterocycles. The number of hydrogen-bond acceptors (Lipinski definition) is 6. The SMILES string of the molecule is C[C@@]1(NC(=O)C(=O)N[C@]2(C)CCS(=O)(=O)C2)CCS(=O)(=O)C1. The van der Waals surface area contributed by atoms with Crippen LogP contribution in [0.25, 0.3) is 0 Å². The number of nitrogens with one attached hydrogen (secondary N) is 2. The summed E-state index contributed by atoms with van der Waals surface area (Å²) in [6, 6.07) is 0. The largest absolute Gasteiger partial charge is 0.342 e. The zero-order chi connectivity index (χ0) is 16.8. The predicted octanol–water partition coefficient (Wildman–Crippen LogP) is -1.63. The predicted molar refractivity (Wildman–Crippen MR) is 79.6 cm³/mol. The Labute approximate surface area is 129 Å². The molecule has 2 amide bonds. The number of carbonyl (C=O) groups is 2. The van der Waals surface area contributed by atoms with E-state index in [1.807, 2.05) is 0 Å². The quantitative estimate of drug-likeness (QED) is 0.575. The molecule has 2 fully saturated rings. The van der Waals surface area contributed by atoms with Crippen molar-refractivity contribution in [1.29, 1.82) is 0 Å². The molecule has 0 aromatic carbocycles. The van der Waals surface area contributed by atoms with Crippen molar-refractivity contribution in [2.45, 2.75) is 37.8 Å². The topological polar surface area (TPSA) is 126 Å². The summed E-state index contributed by atoms with van der Waals surface area (Å²) in [5.41, 5.74) is -1.92. The highest BCUT2D eigenvalue weighted by atomic mass is 32.2. The van der Waals surface area contributed by atoms with E-state index < -0.39 is 42.6 Å². The second kappa shape index (κ2) is 5.19. The zero-order valence-corrected chi connectivity index (χ0v) is 14.1. The van der Waals surface area contributed by atoms with Crippen molar-refractivity contribution in [2.24, 2.45) is 0 Å². The maximum absolute atomic E-state index is 11.9. The smallest absolute Gasteiger partial charge is 0.309 e. The molecule has 2 N–H and O–H groups in total. The van der Waals surface area contributed by atoms with Crippen LogP contribution in [0.3, 0.4) is 0 Å². The molecular formula is C12H20N2O6S2. The molecule has 22 heavy (non-hydrogen) atoms. The van der Waals surface area contributed by atoms with E-state index in [4.69, 9.17) is 0 Å². The van der Waals surface area contributed by atoms with E-state index in [9.17, 15) is 26.4 Å². The molecule has 0 spiro atoms. The molecule has 0 aliphatic carbocycles. The molecule has 126 valence electrons. The molecular weight excluding hydrogens is 332 g/mol. The van der Waals surface area contributed by atoms with Gasteiger partial charge in [-0.05, 0) is 26.7 Å². The summed E-state index contributed by atoms with van der Waals surface area (Å²) < 4.78 is 45.9. The highest BCUT2D eigenvalue weighted by molar-refractivity contribution is 7.92. The van der Waals surface area contributed by atoms with E-state index in [0.29, 0.717) is 0 Å². The van der Waals surface area contributed by atoms with Gasteiger partial charge in [0, 0.05) is 0 Å². The average Bonchev–Trinajstić information content (AvgIpc) is 2.75. The molecule has 0 radical (unpaired) electrons. The lowest BCUT2D eigenvalue weighted by Gasteiger charge is -2.26. The number of amides is 2. The van der Waals surface area contributed by atoms with Crippen molar-refractivity contribution in [1.82, 2.24) is 10.6 Å². The van der Waals surface area contributed by atoms with Gasteiger partial charge in [-0.25, -0.2) is 16.8 Å². The second-order valence-electron chi connectivity index (χ2n) is 6.71. The Morgan fingerprint density at radius 1 is 0.773 bits per heavy atom. The molecule has 8 nitrogen and oxygen atoms in total. The summed E-state index contributed by atoms with van der Waals surface area (Å²) >= 11 is 0. The van der Waals surface area contributed by atoms with Crippen LogP contribution in [0.2, 0.25) is 0 Å². The average molecular weight is 352 g/mol. The lowest BCUT2D eigenvalue weighted by molar-refractivity contribution is -0.141. The minimum atomic E-state index is -3.20. The molecule has 0 aromatic rings. The summed E-state index contributed by atoms with van der Waals surface area (Å²) in [7, 11) is -6.40. The fourth-order valence-corrected chi connectivity index (χ4v) is 7.07. The molecule has 0 unspecified atom stereocenters. The summed E-state index contributed by atoms with van der Waals surface area (Å²) in [5, 5.41) is 4.89. The van der Waals surface area contributed by atoms with Crippen LogP contribution >= 0.6 is 0 Å². The van der Waals surface area contributed by atoms with Crippen LogP contribution in [0, 0.1) is 0 Å². The van der Waals surface area contributed by atoms with E-state index in [0.717, 1.165) is 0 Å². The summed E-state index contributed by atoms with van der Waals surface area (Å²) in [5.74, 6) is -2.34. The molecule has 0 saturated carbocycles. The van der Waals surface area contributed by atoms with Crippen LogP contribution in [-0.4, -0.2) is 62.7 Å². The number of sulfone groups is 2. The molecule has 0 aromatic heterocycles. The molecule has 10 heteroatoms. The van der Waals surface area contributed by atoms with Gasteiger partial charge in [-0.15, -0.1) is 0 Å². The molecule has 2 atom stereocenters. The third-order valence-corrected chi connectivity index (χ3v) is 7.85. The van der Waals surface area contributed by atoms with E-state index in [1.54, 1.807) is 13.8 Å². The first kappa shape index (κ1) is 17.2. The van der Waals surface area contributed by atoms with Gasteiger partial charge in [0.15, 0.2) is 19.7 Å². The highest BCUT2D eigenvalue weighted by Crippen LogP contribution is 2.24. The first-order valence-corrected chi connectivity index (χ1v) is 10.5. The van der Waals surface area contributed by atoms with Crippen molar-refractivity contribution in [3.63, 3.8) is 0 Å². The standard InChI is InChI=1S/C12H20N2O6S2/c1-11(3-5-21(17,18)7-11)13-9(15)10(16)14-12(2)4-6-22(19,20)8-12/h3-8H2,1-2H3,(H,13,15)(H,14,16)/t11-,12-/m1/s1. The maximum Gasteiger partial charge on any atom is 0.309 e. The minimum absolute atomic E-state index is 0.0264. The van der Waals surface area contributed by atoms with E-state index in [1.165, 1.54) is 0 Å². The van der Waals surface area contributed by atoms with Crippen molar-refractivity contribution in [3.8, 4) is 0 Å². The second-order valence-corrected chi connectivity index (χ2v) is 11.1. The number of rotatable bonds is 2. The van der Waals surface area contributed by atoms with Gasteiger partial charge in [0.05, 0.1) is 34.1 Å². The Morgan fingerprint density at radius 2 is 1.09 bits per heavy atom. The van der Waals surface area contributed by atoms with Gasteiger partial charge in [0.2, 0.25) is 0 Å². The van der Waals surface area contributed by atoms with Gasteiger partial charge in [-0.2, -0.15) is 0 Å². The lowest BCUT2D eigenvalue weighted by Crippen LogP contribution is -2.56. The third kappa shape index (κ3) is 3.97. The van der Waals surface area contributed by atoms with Gasteiger partial charge in [-0.1, -0.05) is 0 Å². The highest BCUT2D eigenvalue weighted by Gasteiger charge is 2.43. The van der Waals surface area contributed by atoms with Gasteiger partial charge in [0.1, 0.15) is 0 Å². The maximum atomic E-state index is 11.9. The number of carbonyl (C=O) groups excluding carboxylic acids is 2. The molecule has 2 rings (SSSR count). The van der Waals surface area contributed by atoms with Crippen LogP contribution in [-0.2, 0) is 29.3 Å². The Morgan fingerprint density at radius 3 is 1.32 bits per heavy atom. The van der Waals surface area contributed by atoms with Crippen LogP contribution in [0.4, 0.5) is 0 Å². The summed E-state index contributed by atoms with van der Waals surface area (Å²) in [6.07, 6.45) is 0.500. The summed E-state index contributed by atoms with van der Waals surface area (Å²) in [6.45, 7) is 3.15. The van der Waals surface area contributed by atoms with Crippen LogP contribution in [0.15, 0.2) is 0 Å². The Bertz CT molecular complexity index is 652. The third-order valence-electron chi connectivity index (χ3n) is 4.04. The Hall–Kier alpha value is -1.16. The van der Waals surface area contributed by atoms with E-state index in [-0.39, 0.29) is 35.9 Å². The van der Waals surface area contributed by atoms with Crippen molar-refractivity contribution < 1.29 is 26.4 Å². The van der Waals surface area contributed by atoms with Crippen molar-refractivity contribution in [3.05, 3.63) is 0 Å². The minimum Gasteiger partial charge on any atom is -0.342 e. The number of hydrogen-bond donors (Lipinski definition) is 2. The zero-order valence-electron chi connectivity index (χ0n) is 12.5. The van der Waals surface area contributed by atoms with Crippen LogP contribution in [0.1, 0.15) is 26.7 Å². The monoisotopic (exact) mass is 352 g/mol. The molecule has 0 bridgehead atoms. The lowest BCUT2D eigenvalue weighted by atomic mass is 10.0. The van der Waals surface area contributed by atoms with Crippen molar-refractivity contribution in [2.75, 3.05) is 23.0 Å². The fourth-order valence-electron chi connectivity index (χ4n) is 2.88. The molecule has 2 aliphatic rings. The Kier molecular flexibility index (Phi) is 4.06. The Balaban J connectivity index is 1.98. The van der Waals surface area contributed by atoms with Gasteiger partial charge >= 0.3 is 11.8 Å². The van der Waals surface area contributed by atoms with Gasteiger partial charge < -0.3 is 10.6 Å². The normalized spacial score (nSPS) is 35.9.